The van der Waals surface area contributed by atoms with Crippen LogP contribution in [-0.2, 0) is 0 Å². The van der Waals surface area contributed by atoms with Crippen LogP contribution in [0.2, 0.25) is 0 Å². The number of carbonyl (C=O) groups is 1. The molecule has 72 valence electrons. The fraction of sp³-hybridized carbons (Fsp3) is 0.500. The average molecular weight is 199 g/mol. The molecular formula is C8H13N3OS. The molecule has 0 aliphatic carbocycles. The second kappa shape index (κ2) is 3.83. The van der Waals surface area contributed by atoms with Crippen molar-refractivity contribution in [1.29, 1.82) is 0 Å². The Labute approximate surface area is 81.5 Å². The van der Waals surface area contributed by atoms with E-state index in [-0.39, 0.29) is 11.2 Å². The molecule has 0 aliphatic rings. The van der Waals surface area contributed by atoms with Gasteiger partial charge in [-0.3, -0.25) is 4.79 Å². The summed E-state index contributed by atoms with van der Waals surface area (Å²) < 4.78 is 1.64. The molecule has 0 saturated carbocycles. The van der Waals surface area contributed by atoms with Crippen molar-refractivity contribution in [2.45, 2.75) is 19.9 Å². The SMILES string of the molecule is CSC(=O)c1cnn(C(C)C)c1N. The molecule has 1 aromatic heterocycles. The van der Waals surface area contributed by atoms with Crippen LogP contribution < -0.4 is 5.73 Å². The smallest absolute Gasteiger partial charge is 0.224 e. The maximum Gasteiger partial charge on any atom is 0.224 e. The van der Waals surface area contributed by atoms with Crippen LogP contribution in [0.25, 0.3) is 0 Å². The minimum atomic E-state index is -0.0376. The summed E-state index contributed by atoms with van der Waals surface area (Å²) in [6.07, 6.45) is 3.25. The predicted molar refractivity (Wildman–Crippen MR) is 54.9 cm³/mol. The van der Waals surface area contributed by atoms with Crippen molar-refractivity contribution in [1.82, 2.24) is 9.78 Å². The summed E-state index contributed by atoms with van der Waals surface area (Å²) >= 11 is 1.14. The number of aromatic nitrogens is 2. The average Bonchev–Trinajstić information content (AvgIpc) is 2.46. The highest BCUT2D eigenvalue weighted by Crippen LogP contribution is 2.19. The minimum absolute atomic E-state index is 0.0376. The van der Waals surface area contributed by atoms with Crippen LogP contribution in [0.5, 0.6) is 0 Å². The highest BCUT2D eigenvalue weighted by molar-refractivity contribution is 8.13. The van der Waals surface area contributed by atoms with E-state index >= 15 is 0 Å². The molecule has 1 aromatic rings. The third-order valence-corrected chi connectivity index (χ3v) is 2.32. The van der Waals surface area contributed by atoms with E-state index in [1.165, 1.54) is 6.20 Å². The zero-order valence-electron chi connectivity index (χ0n) is 7.94. The Morgan fingerprint density at radius 1 is 1.69 bits per heavy atom. The van der Waals surface area contributed by atoms with E-state index < -0.39 is 0 Å². The molecule has 0 radical (unpaired) electrons. The molecular weight excluding hydrogens is 186 g/mol. The second-order valence-electron chi connectivity index (χ2n) is 2.97. The van der Waals surface area contributed by atoms with Gasteiger partial charge in [-0.2, -0.15) is 5.10 Å². The standard InChI is InChI=1S/C8H13N3OS/c1-5(2)11-7(9)6(4-10-11)8(12)13-3/h4-5H,9H2,1-3H3. The maximum atomic E-state index is 11.3. The maximum absolute atomic E-state index is 11.3. The van der Waals surface area contributed by atoms with Gasteiger partial charge in [-0.1, -0.05) is 11.8 Å². The van der Waals surface area contributed by atoms with Crippen molar-refractivity contribution in [3.05, 3.63) is 11.8 Å². The highest BCUT2D eigenvalue weighted by atomic mass is 32.2. The molecule has 0 amide bonds. The van der Waals surface area contributed by atoms with Crippen LogP contribution in [0.3, 0.4) is 0 Å². The molecule has 0 spiro atoms. The van der Waals surface area contributed by atoms with Crippen molar-refractivity contribution < 1.29 is 4.79 Å². The van der Waals surface area contributed by atoms with E-state index in [2.05, 4.69) is 5.10 Å². The highest BCUT2D eigenvalue weighted by Gasteiger charge is 2.15. The van der Waals surface area contributed by atoms with Gasteiger partial charge < -0.3 is 5.73 Å². The molecule has 1 heterocycles. The van der Waals surface area contributed by atoms with E-state index in [1.54, 1.807) is 10.9 Å². The van der Waals surface area contributed by atoms with Crippen LogP contribution in [0.4, 0.5) is 5.82 Å². The second-order valence-corrected chi connectivity index (χ2v) is 3.75. The first-order chi connectivity index (χ1) is 6.07. The number of hydrogen-bond donors (Lipinski definition) is 1. The van der Waals surface area contributed by atoms with Crippen LogP contribution in [0, 0.1) is 0 Å². The Morgan fingerprint density at radius 2 is 2.31 bits per heavy atom. The minimum Gasteiger partial charge on any atom is -0.383 e. The van der Waals surface area contributed by atoms with Gasteiger partial charge in [-0.05, 0) is 20.1 Å². The Morgan fingerprint density at radius 3 is 2.69 bits per heavy atom. The molecule has 0 aliphatic heterocycles. The van der Waals surface area contributed by atoms with E-state index in [0.29, 0.717) is 11.4 Å². The van der Waals surface area contributed by atoms with E-state index in [9.17, 15) is 4.79 Å². The quantitative estimate of drug-likeness (QED) is 0.785. The number of hydrogen-bond acceptors (Lipinski definition) is 4. The lowest BCUT2D eigenvalue weighted by molar-refractivity contribution is 0.109. The van der Waals surface area contributed by atoms with E-state index in [0.717, 1.165) is 11.8 Å². The van der Waals surface area contributed by atoms with Gasteiger partial charge in [-0.25, -0.2) is 4.68 Å². The summed E-state index contributed by atoms with van der Waals surface area (Å²) in [5, 5.41) is 4.00. The zero-order chi connectivity index (χ0) is 10.0. The Hall–Kier alpha value is -0.970. The Bertz CT molecular complexity index is 319. The van der Waals surface area contributed by atoms with Gasteiger partial charge in [0.05, 0.1) is 11.8 Å². The monoisotopic (exact) mass is 199 g/mol. The van der Waals surface area contributed by atoms with Gasteiger partial charge in [0.1, 0.15) is 5.82 Å². The lowest BCUT2D eigenvalue weighted by Gasteiger charge is -2.07. The number of carbonyl (C=O) groups excluding carboxylic acids is 1. The van der Waals surface area contributed by atoms with Crippen molar-refractivity contribution in [2.24, 2.45) is 0 Å². The first-order valence-electron chi connectivity index (χ1n) is 3.99. The molecule has 13 heavy (non-hydrogen) atoms. The molecule has 5 heteroatoms. The summed E-state index contributed by atoms with van der Waals surface area (Å²) in [7, 11) is 0. The number of thioether (sulfide) groups is 1. The van der Waals surface area contributed by atoms with Crippen molar-refractivity contribution in [3.63, 3.8) is 0 Å². The molecule has 1 rings (SSSR count). The lowest BCUT2D eigenvalue weighted by atomic mass is 10.3. The van der Waals surface area contributed by atoms with Gasteiger partial charge >= 0.3 is 0 Å². The fourth-order valence-electron chi connectivity index (χ4n) is 1.05. The first-order valence-corrected chi connectivity index (χ1v) is 5.21. The van der Waals surface area contributed by atoms with Crippen LogP contribution in [-0.4, -0.2) is 21.2 Å². The van der Waals surface area contributed by atoms with Crippen molar-refractivity contribution in [2.75, 3.05) is 12.0 Å². The molecule has 0 atom stereocenters. The summed E-state index contributed by atoms with van der Waals surface area (Å²) in [5.74, 6) is 0.453. The van der Waals surface area contributed by atoms with Gasteiger partial charge in [0.15, 0.2) is 0 Å². The third kappa shape index (κ3) is 1.85. The predicted octanol–water partition coefficient (Wildman–Crippen LogP) is 1.55. The number of anilines is 1. The molecule has 0 saturated heterocycles. The van der Waals surface area contributed by atoms with Gasteiger partial charge in [0, 0.05) is 6.04 Å². The number of nitrogens with two attached hydrogens (primary N) is 1. The number of nitrogens with zero attached hydrogens (tertiary/aromatic N) is 2. The van der Waals surface area contributed by atoms with Gasteiger partial charge in [0.25, 0.3) is 0 Å². The summed E-state index contributed by atoms with van der Waals surface area (Å²) in [5.41, 5.74) is 6.25. The Balaban J connectivity index is 3.06. The van der Waals surface area contributed by atoms with E-state index in [4.69, 9.17) is 5.73 Å². The normalized spacial score (nSPS) is 10.8. The van der Waals surface area contributed by atoms with Crippen molar-refractivity contribution in [3.8, 4) is 0 Å². The summed E-state index contributed by atoms with van der Waals surface area (Å²) in [4.78, 5) is 11.3. The lowest BCUT2D eigenvalue weighted by Crippen LogP contribution is -2.08. The third-order valence-electron chi connectivity index (χ3n) is 1.73. The fourth-order valence-corrected chi connectivity index (χ4v) is 1.43. The Kier molecular flexibility index (Phi) is 2.98. The topological polar surface area (TPSA) is 60.9 Å². The van der Waals surface area contributed by atoms with Crippen LogP contribution >= 0.6 is 11.8 Å². The summed E-state index contributed by atoms with van der Waals surface area (Å²) in [6.45, 7) is 3.94. The van der Waals surface area contributed by atoms with E-state index in [1.807, 2.05) is 13.8 Å². The molecule has 0 unspecified atom stereocenters. The van der Waals surface area contributed by atoms with Gasteiger partial charge in [0.2, 0.25) is 5.12 Å². The van der Waals surface area contributed by atoms with Gasteiger partial charge in [-0.15, -0.1) is 0 Å². The number of nitrogen functional groups attached to an aromatic ring is 1. The summed E-state index contributed by atoms with van der Waals surface area (Å²) in [6, 6.07) is 0.184. The molecule has 0 aromatic carbocycles. The molecule has 4 nitrogen and oxygen atoms in total. The van der Waals surface area contributed by atoms with Crippen molar-refractivity contribution >= 4 is 22.7 Å². The number of rotatable bonds is 2. The largest absolute Gasteiger partial charge is 0.383 e. The van der Waals surface area contributed by atoms with Crippen LogP contribution in [0.1, 0.15) is 30.2 Å². The zero-order valence-corrected chi connectivity index (χ0v) is 8.76. The van der Waals surface area contributed by atoms with Crippen LogP contribution in [0.15, 0.2) is 6.20 Å². The molecule has 0 fully saturated rings. The first kappa shape index (κ1) is 10.1. The molecule has 2 N–H and O–H groups in total. The molecule has 0 bridgehead atoms.